The van der Waals surface area contributed by atoms with Crippen LogP contribution in [0.15, 0.2) is 0 Å². The van der Waals surface area contributed by atoms with Crippen LogP contribution in [0.2, 0.25) is 0 Å². The van der Waals surface area contributed by atoms with E-state index < -0.39 is 11.5 Å². The number of carboxylic acids is 1. The van der Waals surface area contributed by atoms with E-state index in [0.717, 1.165) is 5.75 Å². The van der Waals surface area contributed by atoms with Crippen molar-refractivity contribution >= 4 is 23.6 Å². The minimum atomic E-state index is -1.16. The maximum absolute atomic E-state index is 11.6. The minimum Gasteiger partial charge on any atom is -0.480 e. The Bertz CT molecular complexity index is 260. The molecule has 0 spiro atoms. The number of carbonyl (C=O) groups is 2. The number of methoxy groups -OCH3 is 1. The van der Waals surface area contributed by atoms with Crippen molar-refractivity contribution in [2.45, 2.75) is 32.2 Å². The van der Waals surface area contributed by atoms with Gasteiger partial charge in [-0.05, 0) is 13.3 Å². The number of ether oxygens (including phenoxy) is 1. The van der Waals surface area contributed by atoms with E-state index in [1.807, 2.05) is 6.92 Å². The van der Waals surface area contributed by atoms with Gasteiger partial charge in [-0.2, -0.15) is 0 Å². The topological polar surface area (TPSA) is 75.6 Å². The summed E-state index contributed by atoms with van der Waals surface area (Å²) in [6.07, 6.45) is 1.14. The molecule has 0 aliphatic heterocycles. The first kappa shape index (κ1) is 16.2. The molecule has 0 aliphatic carbocycles. The van der Waals surface area contributed by atoms with Crippen LogP contribution in [-0.2, 0) is 14.3 Å². The van der Waals surface area contributed by atoms with Crippen LogP contribution in [0.1, 0.15) is 26.7 Å². The molecule has 0 bridgehead atoms. The third kappa shape index (κ3) is 6.53. The van der Waals surface area contributed by atoms with Crippen molar-refractivity contribution in [2.24, 2.45) is 0 Å². The quantitative estimate of drug-likeness (QED) is 0.610. The number of carboxylic acid groups (broad SMARTS) is 1. The second kappa shape index (κ2) is 8.36. The van der Waals surface area contributed by atoms with E-state index in [-0.39, 0.29) is 11.7 Å². The van der Waals surface area contributed by atoms with E-state index in [9.17, 15) is 9.59 Å². The molecule has 0 aromatic heterocycles. The molecule has 0 aliphatic rings. The van der Waals surface area contributed by atoms with Crippen LogP contribution in [0.5, 0.6) is 0 Å². The summed E-state index contributed by atoms with van der Waals surface area (Å²) in [5, 5.41) is 11.7. The molecular weight excluding hydrogens is 242 g/mol. The van der Waals surface area contributed by atoms with Gasteiger partial charge in [-0.15, -0.1) is 11.8 Å². The van der Waals surface area contributed by atoms with Crippen LogP contribution in [0.25, 0.3) is 0 Å². The van der Waals surface area contributed by atoms with Crippen LogP contribution >= 0.6 is 11.8 Å². The second-order valence-corrected chi connectivity index (χ2v) is 5.09. The van der Waals surface area contributed by atoms with Crippen LogP contribution in [0.4, 0.5) is 0 Å². The highest BCUT2D eigenvalue weighted by Gasteiger charge is 2.33. The monoisotopic (exact) mass is 263 g/mol. The summed E-state index contributed by atoms with van der Waals surface area (Å²) < 4.78 is 4.85. The van der Waals surface area contributed by atoms with Gasteiger partial charge in [0.15, 0.2) is 0 Å². The third-order valence-corrected chi connectivity index (χ3v) is 3.22. The molecule has 0 heterocycles. The summed E-state index contributed by atoms with van der Waals surface area (Å²) in [5.41, 5.74) is -1.16. The largest absolute Gasteiger partial charge is 0.480 e. The molecule has 17 heavy (non-hydrogen) atoms. The van der Waals surface area contributed by atoms with Crippen molar-refractivity contribution in [3.05, 3.63) is 0 Å². The number of nitrogens with one attached hydrogen (secondary N) is 1. The maximum Gasteiger partial charge on any atom is 0.329 e. The summed E-state index contributed by atoms with van der Waals surface area (Å²) in [7, 11) is 1.60. The molecule has 0 saturated carbocycles. The van der Waals surface area contributed by atoms with Gasteiger partial charge in [-0.3, -0.25) is 4.79 Å². The fraction of sp³-hybridized carbons (Fsp3) is 0.818. The van der Waals surface area contributed by atoms with Crippen LogP contribution in [0, 0.1) is 0 Å². The van der Waals surface area contributed by atoms with Crippen LogP contribution in [-0.4, -0.2) is 47.7 Å². The van der Waals surface area contributed by atoms with Gasteiger partial charge in [-0.1, -0.05) is 13.3 Å². The molecule has 5 nitrogen and oxygen atoms in total. The van der Waals surface area contributed by atoms with Gasteiger partial charge in [0, 0.05) is 12.9 Å². The zero-order chi connectivity index (χ0) is 13.3. The second-order valence-electron chi connectivity index (χ2n) is 3.98. The lowest BCUT2D eigenvalue weighted by Crippen LogP contribution is -2.52. The molecule has 0 saturated heterocycles. The predicted molar refractivity (Wildman–Crippen MR) is 68.3 cm³/mol. The molecule has 2 N–H and O–H groups in total. The highest BCUT2D eigenvalue weighted by molar-refractivity contribution is 7.99. The SMILES string of the molecule is CCCC(C)(NC(=O)CSCCOC)C(=O)O. The third-order valence-electron chi connectivity index (χ3n) is 2.30. The van der Waals surface area contributed by atoms with E-state index in [2.05, 4.69) is 5.32 Å². The lowest BCUT2D eigenvalue weighted by Gasteiger charge is -2.25. The van der Waals surface area contributed by atoms with Crippen molar-refractivity contribution in [3.8, 4) is 0 Å². The first-order valence-corrected chi connectivity index (χ1v) is 6.73. The summed E-state index contributed by atoms with van der Waals surface area (Å²) in [5.74, 6) is -0.253. The molecule has 1 amide bonds. The van der Waals surface area contributed by atoms with Gasteiger partial charge in [0.1, 0.15) is 5.54 Å². The molecule has 1 unspecified atom stereocenters. The van der Waals surface area contributed by atoms with Crippen LogP contribution in [0.3, 0.4) is 0 Å². The molecule has 6 heteroatoms. The Labute approximate surface area is 106 Å². The summed E-state index contributed by atoms with van der Waals surface area (Å²) in [6, 6.07) is 0. The standard InChI is InChI=1S/C11H21NO4S/c1-4-5-11(2,10(14)15)12-9(13)8-17-7-6-16-3/h4-8H2,1-3H3,(H,12,13)(H,14,15). The van der Waals surface area contributed by atoms with Gasteiger partial charge < -0.3 is 15.2 Å². The number of thioether (sulfide) groups is 1. The van der Waals surface area contributed by atoms with E-state index in [1.165, 1.54) is 18.7 Å². The highest BCUT2D eigenvalue weighted by atomic mass is 32.2. The Morgan fingerprint density at radius 3 is 2.59 bits per heavy atom. The van der Waals surface area contributed by atoms with Crippen molar-refractivity contribution in [2.75, 3.05) is 25.2 Å². The van der Waals surface area contributed by atoms with Crippen molar-refractivity contribution < 1.29 is 19.4 Å². The molecular formula is C11H21NO4S. The Kier molecular flexibility index (Phi) is 7.99. The normalized spacial score (nSPS) is 14.1. The zero-order valence-corrected chi connectivity index (χ0v) is 11.4. The van der Waals surface area contributed by atoms with Crippen molar-refractivity contribution in [1.82, 2.24) is 5.32 Å². The van der Waals surface area contributed by atoms with E-state index in [0.29, 0.717) is 19.4 Å². The maximum atomic E-state index is 11.6. The van der Waals surface area contributed by atoms with E-state index >= 15 is 0 Å². The summed E-state index contributed by atoms with van der Waals surface area (Å²) >= 11 is 1.43. The molecule has 0 rings (SSSR count). The lowest BCUT2D eigenvalue weighted by atomic mass is 9.96. The summed E-state index contributed by atoms with van der Waals surface area (Å²) in [4.78, 5) is 22.6. The number of hydrogen-bond donors (Lipinski definition) is 2. The van der Waals surface area contributed by atoms with Gasteiger partial charge in [0.05, 0.1) is 12.4 Å². The fourth-order valence-electron chi connectivity index (χ4n) is 1.37. The van der Waals surface area contributed by atoms with Gasteiger partial charge in [0.2, 0.25) is 5.91 Å². The van der Waals surface area contributed by atoms with E-state index in [4.69, 9.17) is 9.84 Å². The number of rotatable bonds is 9. The van der Waals surface area contributed by atoms with Crippen LogP contribution < -0.4 is 5.32 Å². The Morgan fingerprint density at radius 1 is 1.47 bits per heavy atom. The lowest BCUT2D eigenvalue weighted by molar-refractivity contribution is -0.146. The number of amides is 1. The van der Waals surface area contributed by atoms with Crippen molar-refractivity contribution in [1.29, 1.82) is 0 Å². The molecule has 0 radical (unpaired) electrons. The number of aliphatic carboxylic acids is 1. The average molecular weight is 263 g/mol. The summed E-state index contributed by atoms with van der Waals surface area (Å²) in [6.45, 7) is 4.01. The molecule has 0 fully saturated rings. The zero-order valence-electron chi connectivity index (χ0n) is 10.6. The van der Waals surface area contributed by atoms with Crippen molar-refractivity contribution in [3.63, 3.8) is 0 Å². The molecule has 100 valence electrons. The molecule has 0 aromatic carbocycles. The molecule has 0 aromatic rings. The van der Waals surface area contributed by atoms with Gasteiger partial charge >= 0.3 is 5.97 Å². The predicted octanol–water partition coefficient (Wildman–Crippen LogP) is 1.13. The van der Waals surface area contributed by atoms with Gasteiger partial charge in [-0.25, -0.2) is 4.79 Å². The molecule has 1 atom stereocenters. The van der Waals surface area contributed by atoms with E-state index in [1.54, 1.807) is 7.11 Å². The Balaban J connectivity index is 4.09. The smallest absolute Gasteiger partial charge is 0.329 e. The minimum absolute atomic E-state index is 0.246. The average Bonchev–Trinajstić information content (AvgIpc) is 2.24. The first-order chi connectivity index (χ1) is 7.96. The number of hydrogen-bond acceptors (Lipinski definition) is 4. The highest BCUT2D eigenvalue weighted by Crippen LogP contribution is 2.13. The Morgan fingerprint density at radius 2 is 2.12 bits per heavy atom. The number of carbonyl (C=O) groups excluding carboxylic acids is 1. The van der Waals surface area contributed by atoms with Gasteiger partial charge in [0.25, 0.3) is 0 Å². The fourth-order valence-corrected chi connectivity index (χ4v) is 2.06. The Hall–Kier alpha value is -0.750. The first-order valence-electron chi connectivity index (χ1n) is 5.57.